The number of ether oxygens (including phenoxy) is 2. The fourth-order valence-electron chi connectivity index (χ4n) is 6.27. The van der Waals surface area contributed by atoms with Crippen LogP contribution in [0.15, 0.2) is 30.5 Å². The van der Waals surface area contributed by atoms with E-state index < -0.39 is 0 Å². The number of aromatic nitrogens is 3. The second kappa shape index (κ2) is 10.8. The zero-order chi connectivity index (χ0) is 24.3. The standard InChI is InChI=1S/C28H34N4O3S/c33-27(22-7-4-19(5-8-22)15-23-10-12-29-28-26(23)30-36-31-28)21-3-1-2-13-32(14-11-21)17-20-6-9-24-25(16-20)35-18-34-24/h6,9-10,12,16,19,21-22H,1-5,7-8,11,13-15,17-18H2. The van der Waals surface area contributed by atoms with Crippen molar-refractivity contribution in [2.75, 3.05) is 19.9 Å². The number of carbonyl (C=O) groups excluding carboxylic acids is 1. The molecule has 1 saturated heterocycles. The predicted octanol–water partition coefficient (Wildman–Crippen LogP) is 5.43. The van der Waals surface area contributed by atoms with Crippen molar-refractivity contribution in [2.45, 2.75) is 64.3 Å². The Morgan fingerprint density at radius 3 is 2.72 bits per heavy atom. The molecule has 7 nitrogen and oxygen atoms in total. The molecule has 6 rings (SSSR count). The molecule has 3 aliphatic rings. The summed E-state index contributed by atoms with van der Waals surface area (Å²) in [6.45, 7) is 3.29. The van der Waals surface area contributed by atoms with Gasteiger partial charge in [0.2, 0.25) is 6.79 Å². The lowest BCUT2D eigenvalue weighted by atomic mass is 9.74. The van der Waals surface area contributed by atoms with Crippen LogP contribution in [0.2, 0.25) is 0 Å². The highest BCUT2D eigenvalue weighted by Gasteiger charge is 2.32. The fraction of sp³-hybridized carbons (Fsp3) is 0.571. The zero-order valence-electron chi connectivity index (χ0n) is 20.7. The monoisotopic (exact) mass is 506 g/mol. The molecular weight excluding hydrogens is 472 g/mol. The van der Waals surface area contributed by atoms with Crippen molar-refractivity contribution in [3.63, 3.8) is 0 Å². The van der Waals surface area contributed by atoms with E-state index in [1.807, 2.05) is 12.3 Å². The highest BCUT2D eigenvalue weighted by Crippen LogP contribution is 2.36. The number of benzene rings is 1. The van der Waals surface area contributed by atoms with E-state index in [1.54, 1.807) is 0 Å². The van der Waals surface area contributed by atoms with E-state index in [4.69, 9.17) is 9.47 Å². The van der Waals surface area contributed by atoms with Crippen molar-refractivity contribution in [1.29, 1.82) is 0 Å². The molecule has 0 radical (unpaired) electrons. The molecular formula is C28H34N4O3S. The Morgan fingerprint density at radius 1 is 0.944 bits per heavy atom. The smallest absolute Gasteiger partial charge is 0.231 e. The van der Waals surface area contributed by atoms with E-state index in [0.29, 0.717) is 18.5 Å². The van der Waals surface area contributed by atoms with Crippen LogP contribution in [-0.2, 0) is 17.8 Å². The summed E-state index contributed by atoms with van der Waals surface area (Å²) in [5.74, 6) is 3.29. The number of nitrogens with zero attached hydrogens (tertiary/aromatic N) is 4. The van der Waals surface area contributed by atoms with Crippen molar-refractivity contribution in [2.24, 2.45) is 17.8 Å². The van der Waals surface area contributed by atoms with Crippen LogP contribution in [0, 0.1) is 17.8 Å². The highest BCUT2D eigenvalue weighted by molar-refractivity contribution is 7.00. The number of hydrogen-bond acceptors (Lipinski definition) is 8. The van der Waals surface area contributed by atoms with Gasteiger partial charge in [0.1, 0.15) is 11.3 Å². The average Bonchev–Trinajstić information content (AvgIpc) is 3.56. The highest BCUT2D eigenvalue weighted by atomic mass is 32.1. The van der Waals surface area contributed by atoms with Gasteiger partial charge in [-0.05, 0) is 99.7 Å². The van der Waals surface area contributed by atoms with Gasteiger partial charge in [0.15, 0.2) is 17.1 Å². The Hall–Kier alpha value is -2.58. The quantitative estimate of drug-likeness (QED) is 0.441. The molecule has 2 fully saturated rings. The first kappa shape index (κ1) is 23.8. The number of rotatable bonds is 6. The minimum absolute atomic E-state index is 0.215. The van der Waals surface area contributed by atoms with E-state index in [0.717, 1.165) is 100 Å². The van der Waals surface area contributed by atoms with Gasteiger partial charge in [0.25, 0.3) is 0 Å². The lowest BCUT2D eigenvalue weighted by Gasteiger charge is -2.32. The number of hydrogen-bond donors (Lipinski definition) is 0. The number of ketones is 1. The Morgan fingerprint density at radius 2 is 1.81 bits per heavy atom. The maximum absolute atomic E-state index is 13.5. The Bertz CT molecular complexity index is 1210. The maximum atomic E-state index is 13.5. The number of carbonyl (C=O) groups is 1. The van der Waals surface area contributed by atoms with Crippen LogP contribution < -0.4 is 9.47 Å². The van der Waals surface area contributed by atoms with Crippen molar-refractivity contribution in [3.05, 3.63) is 41.6 Å². The first-order valence-corrected chi connectivity index (χ1v) is 14.2. The Kier molecular flexibility index (Phi) is 7.14. The van der Waals surface area contributed by atoms with Gasteiger partial charge >= 0.3 is 0 Å². The zero-order valence-corrected chi connectivity index (χ0v) is 21.5. The molecule has 0 amide bonds. The maximum Gasteiger partial charge on any atom is 0.231 e. The van der Waals surface area contributed by atoms with Crippen LogP contribution in [0.4, 0.5) is 0 Å². The molecule has 1 unspecified atom stereocenters. The van der Waals surface area contributed by atoms with Crippen LogP contribution in [-0.4, -0.2) is 44.3 Å². The van der Waals surface area contributed by atoms with Crippen LogP contribution in [0.25, 0.3) is 11.2 Å². The summed E-state index contributed by atoms with van der Waals surface area (Å²) < 4.78 is 19.7. The third kappa shape index (κ3) is 5.25. The van der Waals surface area contributed by atoms with Crippen LogP contribution in [0.5, 0.6) is 11.5 Å². The molecule has 4 heterocycles. The summed E-state index contributed by atoms with van der Waals surface area (Å²) in [6.07, 6.45) is 11.5. The lowest BCUT2D eigenvalue weighted by molar-refractivity contribution is -0.128. The number of likely N-dealkylation sites (tertiary alicyclic amines) is 1. The van der Waals surface area contributed by atoms with E-state index in [2.05, 4.69) is 36.8 Å². The van der Waals surface area contributed by atoms with Gasteiger partial charge in [0, 0.05) is 24.6 Å². The van der Waals surface area contributed by atoms with Gasteiger partial charge in [-0.2, -0.15) is 8.75 Å². The summed E-state index contributed by atoms with van der Waals surface area (Å²) in [5.41, 5.74) is 4.23. The Labute approximate surface area is 216 Å². The third-order valence-corrected chi connectivity index (χ3v) is 8.84. The van der Waals surface area contributed by atoms with Crippen molar-refractivity contribution < 1.29 is 14.3 Å². The molecule has 1 atom stereocenters. The van der Waals surface area contributed by atoms with Gasteiger partial charge in [-0.25, -0.2) is 4.98 Å². The minimum Gasteiger partial charge on any atom is -0.454 e. The number of Topliss-reactive ketones (excluding diaryl/α,β-unsaturated/α-hetero) is 1. The summed E-state index contributed by atoms with van der Waals surface area (Å²) in [4.78, 5) is 20.4. The second-order valence-electron chi connectivity index (χ2n) is 10.7. The molecule has 2 aromatic heterocycles. The van der Waals surface area contributed by atoms with Crippen LogP contribution in [0.1, 0.15) is 62.5 Å². The van der Waals surface area contributed by atoms with E-state index in [-0.39, 0.29) is 11.8 Å². The van der Waals surface area contributed by atoms with E-state index in [9.17, 15) is 4.79 Å². The van der Waals surface area contributed by atoms with E-state index in [1.165, 1.54) is 22.9 Å². The molecule has 1 aromatic carbocycles. The lowest BCUT2D eigenvalue weighted by Crippen LogP contribution is -2.34. The molecule has 0 spiro atoms. The molecule has 1 saturated carbocycles. The normalized spacial score (nSPS) is 24.9. The van der Waals surface area contributed by atoms with Gasteiger partial charge in [0.05, 0.1) is 11.7 Å². The summed E-state index contributed by atoms with van der Waals surface area (Å²) >= 11 is 1.24. The Balaban J connectivity index is 1.01. The summed E-state index contributed by atoms with van der Waals surface area (Å²) in [7, 11) is 0. The van der Waals surface area contributed by atoms with Crippen molar-refractivity contribution >= 4 is 28.7 Å². The molecule has 190 valence electrons. The third-order valence-electron chi connectivity index (χ3n) is 8.32. The number of fused-ring (bicyclic) bond motifs is 2. The van der Waals surface area contributed by atoms with Crippen LogP contribution in [0.3, 0.4) is 0 Å². The largest absolute Gasteiger partial charge is 0.454 e. The van der Waals surface area contributed by atoms with Crippen molar-refractivity contribution in [1.82, 2.24) is 18.6 Å². The van der Waals surface area contributed by atoms with Crippen LogP contribution >= 0.6 is 11.7 Å². The van der Waals surface area contributed by atoms with E-state index >= 15 is 0 Å². The predicted molar refractivity (Wildman–Crippen MR) is 139 cm³/mol. The minimum atomic E-state index is 0.215. The summed E-state index contributed by atoms with van der Waals surface area (Å²) in [6, 6.07) is 8.33. The van der Waals surface area contributed by atoms with Crippen molar-refractivity contribution in [3.8, 4) is 11.5 Å². The number of pyridine rings is 1. The molecule has 2 aliphatic heterocycles. The average molecular weight is 507 g/mol. The molecule has 1 aliphatic carbocycles. The van der Waals surface area contributed by atoms with Gasteiger partial charge < -0.3 is 9.47 Å². The van der Waals surface area contributed by atoms with Gasteiger partial charge in [-0.15, -0.1) is 0 Å². The molecule has 0 N–H and O–H groups in total. The molecule has 3 aromatic rings. The molecule has 8 heteroatoms. The van der Waals surface area contributed by atoms with Gasteiger partial charge in [-0.3, -0.25) is 9.69 Å². The molecule has 36 heavy (non-hydrogen) atoms. The topological polar surface area (TPSA) is 77.4 Å². The SMILES string of the molecule is O=C(C1CCC(Cc2ccnc3nsnc23)CC1)C1CCCCN(Cc2ccc3c(c2)OCO3)CC1. The first-order valence-electron chi connectivity index (χ1n) is 13.4. The van der Waals surface area contributed by atoms with Gasteiger partial charge in [-0.1, -0.05) is 12.5 Å². The second-order valence-corrected chi connectivity index (χ2v) is 11.2. The summed E-state index contributed by atoms with van der Waals surface area (Å²) in [5, 5.41) is 0. The fourth-order valence-corrected chi connectivity index (χ4v) is 6.80. The molecule has 0 bridgehead atoms. The first-order chi connectivity index (χ1) is 17.7.